The summed E-state index contributed by atoms with van der Waals surface area (Å²) >= 11 is 0. The number of anilines is 2. The van der Waals surface area contributed by atoms with Crippen LogP contribution in [0.3, 0.4) is 0 Å². The van der Waals surface area contributed by atoms with E-state index < -0.39 is 29.5 Å². The number of nitrogens with two attached hydrogens (primary N) is 1. The lowest BCUT2D eigenvalue weighted by Crippen LogP contribution is -2.55. The number of nitrogens with one attached hydrogen (secondary N) is 1. The van der Waals surface area contributed by atoms with E-state index >= 15 is 0 Å². The highest BCUT2D eigenvalue weighted by molar-refractivity contribution is 6.08. The van der Waals surface area contributed by atoms with Gasteiger partial charge in [0, 0.05) is 16.9 Å². The van der Waals surface area contributed by atoms with Gasteiger partial charge in [0.1, 0.15) is 12.6 Å². The number of aryl methyl sites for hydroxylation is 1. The van der Waals surface area contributed by atoms with Crippen molar-refractivity contribution in [1.82, 2.24) is 5.32 Å². The van der Waals surface area contributed by atoms with Crippen LogP contribution in [0.1, 0.15) is 86.7 Å². The van der Waals surface area contributed by atoms with Crippen LogP contribution in [0.5, 0.6) is 0 Å². The van der Waals surface area contributed by atoms with Gasteiger partial charge in [-0.2, -0.15) is 0 Å². The topological polar surface area (TPSA) is 133 Å². The lowest BCUT2D eigenvalue weighted by molar-refractivity contribution is -0.125. The minimum atomic E-state index is -1.15. The molecule has 2 aromatic carbocycles. The number of hydrogen-bond donors (Lipinski definition) is 3. The minimum Gasteiger partial charge on any atom is -0.478 e. The number of fused-ring (bicyclic) bond motifs is 1. The Labute approximate surface area is 235 Å². The Morgan fingerprint density at radius 2 is 1.77 bits per heavy atom. The summed E-state index contributed by atoms with van der Waals surface area (Å²) in [6.45, 7) is 7.35. The van der Waals surface area contributed by atoms with Gasteiger partial charge < -0.3 is 21.1 Å². The summed E-state index contributed by atoms with van der Waals surface area (Å²) in [5, 5.41) is 12.5. The van der Waals surface area contributed by atoms with E-state index in [-0.39, 0.29) is 29.6 Å². The van der Waals surface area contributed by atoms with Crippen LogP contribution in [0.2, 0.25) is 0 Å². The van der Waals surface area contributed by atoms with Crippen LogP contribution >= 0.6 is 0 Å². The van der Waals surface area contributed by atoms with Crippen LogP contribution in [-0.4, -0.2) is 47.0 Å². The molecule has 9 nitrogen and oxygen atoms in total. The first kappa shape index (κ1) is 29.1. The van der Waals surface area contributed by atoms with Crippen LogP contribution < -0.4 is 20.9 Å². The van der Waals surface area contributed by atoms with E-state index in [9.17, 15) is 24.3 Å². The number of primary amides is 1. The van der Waals surface area contributed by atoms with Crippen molar-refractivity contribution in [3.05, 3.63) is 59.2 Å². The zero-order valence-electron chi connectivity index (χ0n) is 23.8. The third kappa shape index (κ3) is 6.46. The molecular formula is C31H40N4O5. The summed E-state index contributed by atoms with van der Waals surface area (Å²) in [6.07, 6.45) is 5.69. The maximum atomic E-state index is 14.5. The predicted molar refractivity (Wildman–Crippen MR) is 155 cm³/mol. The maximum Gasteiger partial charge on any atom is 0.335 e. The van der Waals surface area contributed by atoms with Crippen LogP contribution in [0.25, 0.3) is 0 Å². The van der Waals surface area contributed by atoms with Gasteiger partial charge in [-0.3, -0.25) is 14.5 Å². The monoisotopic (exact) mass is 548 g/mol. The Balaban J connectivity index is 1.87. The molecule has 9 heteroatoms. The molecule has 1 heterocycles. The number of carbonyl (C=O) groups is 4. The average Bonchev–Trinajstić information content (AvgIpc) is 2.99. The predicted octanol–water partition coefficient (Wildman–Crippen LogP) is 4.96. The van der Waals surface area contributed by atoms with Crippen molar-refractivity contribution in [3.63, 3.8) is 0 Å². The molecule has 4 rings (SSSR count). The normalized spacial score (nSPS) is 19.9. The maximum absolute atomic E-state index is 14.5. The van der Waals surface area contributed by atoms with Crippen molar-refractivity contribution in [2.24, 2.45) is 11.7 Å². The molecule has 214 valence electrons. The third-order valence-electron chi connectivity index (χ3n) is 7.86. The van der Waals surface area contributed by atoms with E-state index in [0.717, 1.165) is 36.8 Å². The average molecular weight is 549 g/mol. The molecule has 4 amide bonds. The highest BCUT2D eigenvalue weighted by Gasteiger charge is 2.43. The molecule has 1 aliphatic carbocycles. The van der Waals surface area contributed by atoms with Crippen molar-refractivity contribution in [3.8, 4) is 0 Å². The quantitative estimate of drug-likeness (QED) is 0.469. The van der Waals surface area contributed by atoms with Gasteiger partial charge in [0.05, 0.1) is 5.56 Å². The molecule has 0 bridgehead atoms. The smallest absolute Gasteiger partial charge is 0.335 e. The molecule has 0 radical (unpaired) electrons. The molecule has 2 atom stereocenters. The molecule has 1 aliphatic heterocycles. The number of rotatable bonds is 6. The molecule has 0 aromatic heterocycles. The second kappa shape index (κ2) is 11.7. The highest BCUT2D eigenvalue weighted by atomic mass is 16.4. The fraction of sp³-hybridized carbons (Fsp3) is 0.484. The summed E-state index contributed by atoms with van der Waals surface area (Å²) in [5.41, 5.74) is 8.24. The zero-order chi connectivity index (χ0) is 29.2. The first-order valence-electron chi connectivity index (χ1n) is 14.0. The van der Waals surface area contributed by atoms with Crippen LogP contribution in [0, 0.1) is 12.8 Å². The van der Waals surface area contributed by atoms with Gasteiger partial charge in [-0.1, -0.05) is 37.5 Å². The fourth-order valence-corrected chi connectivity index (χ4v) is 6.18. The Morgan fingerprint density at radius 1 is 1.07 bits per heavy atom. The Bertz CT molecular complexity index is 1290. The number of nitrogens with zero attached hydrogens (tertiary/aromatic N) is 2. The number of hydrogen-bond acceptors (Lipinski definition) is 4. The van der Waals surface area contributed by atoms with Crippen molar-refractivity contribution < 1.29 is 24.3 Å². The lowest BCUT2D eigenvalue weighted by Gasteiger charge is -2.35. The second-order valence-electron chi connectivity index (χ2n) is 12.1. The van der Waals surface area contributed by atoms with Crippen LogP contribution in [0.4, 0.5) is 16.2 Å². The molecule has 1 fully saturated rings. The van der Waals surface area contributed by atoms with E-state index in [0.29, 0.717) is 18.0 Å². The van der Waals surface area contributed by atoms with Gasteiger partial charge in [-0.25, -0.2) is 9.59 Å². The van der Waals surface area contributed by atoms with E-state index in [1.807, 2.05) is 45.9 Å². The summed E-state index contributed by atoms with van der Waals surface area (Å²) in [4.78, 5) is 55.1. The van der Waals surface area contributed by atoms with Gasteiger partial charge in [0.2, 0.25) is 5.91 Å². The SMILES string of the molecule is Cc1ccc2c(c1)N(CC(=O)NC(C)(C)C)C(=O)C(N(C(N)=O)c1cccc(C(=O)O)c1)CC2C1CCCCC1. The van der Waals surface area contributed by atoms with Crippen molar-refractivity contribution in [1.29, 1.82) is 0 Å². The molecule has 4 N–H and O–H groups in total. The van der Waals surface area contributed by atoms with Crippen molar-refractivity contribution in [2.75, 3.05) is 16.3 Å². The summed E-state index contributed by atoms with van der Waals surface area (Å²) in [7, 11) is 0. The molecule has 2 unspecified atom stereocenters. The Kier molecular flexibility index (Phi) is 8.51. The summed E-state index contributed by atoms with van der Waals surface area (Å²) in [6, 6.07) is 10.0. The van der Waals surface area contributed by atoms with E-state index in [1.54, 1.807) is 6.07 Å². The van der Waals surface area contributed by atoms with E-state index in [2.05, 4.69) is 5.32 Å². The van der Waals surface area contributed by atoms with Gasteiger partial charge in [0.25, 0.3) is 5.91 Å². The van der Waals surface area contributed by atoms with Gasteiger partial charge in [0.15, 0.2) is 0 Å². The van der Waals surface area contributed by atoms with Crippen LogP contribution in [-0.2, 0) is 9.59 Å². The standard InChI is InChI=1S/C31H40N4O5/c1-19-13-14-23-24(20-9-6-5-7-10-20)17-26(35(30(32)40)22-12-8-11-21(16-22)29(38)39)28(37)34(25(23)15-19)18-27(36)33-31(2,3)4/h8,11-16,20,24,26H,5-7,9-10,17-18H2,1-4H3,(H2,32,40)(H,33,36)(H,38,39). The first-order valence-corrected chi connectivity index (χ1v) is 14.0. The lowest BCUT2D eigenvalue weighted by atomic mass is 9.74. The number of urea groups is 1. The fourth-order valence-electron chi connectivity index (χ4n) is 6.18. The second-order valence-corrected chi connectivity index (χ2v) is 12.1. The van der Waals surface area contributed by atoms with Gasteiger partial charge >= 0.3 is 12.0 Å². The molecule has 0 spiro atoms. The molecular weight excluding hydrogens is 508 g/mol. The molecule has 0 saturated heterocycles. The largest absolute Gasteiger partial charge is 0.478 e. The van der Waals surface area contributed by atoms with Crippen molar-refractivity contribution in [2.45, 2.75) is 83.7 Å². The number of carboxylic acid groups (broad SMARTS) is 1. The van der Waals surface area contributed by atoms with Crippen LogP contribution in [0.15, 0.2) is 42.5 Å². The number of benzene rings is 2. The van der Waals surface area contributed by atoms with Crippen molar-refractivity contribution >= 4 is 35.2 Å². The third-order valence-corrected chi connectivity index (χ3v) is 7.86. The number of carboxylic acids is 1. The minimum absolute atomic E-state index is 0.0195. The van der Waals surface area contributed by atoms with E-state index in [4.69, 9.17) is 5.73 Å². The Morgan fingerprint density at radius 3 is 2.40 bits per heavy atom. The number of amides is 4. The first-order chi connectivity index (χ1) is 18.9. The Hall–Kier alpha value is -3.88. The number of aromatic carboxylic acids is 1. The molecule has 2 aliphatic rings. The summed E-state index contributed by atoms with van der Waals surface area (Å²) < 4.78 is 0. The summed E-state index contributed by atoms with van der Waals surface area (Å²) in [5.74, 6) is -1.64. The van der Waals surface area contributed by atoms with Gasteiger partial charge in [-0.05, 0) is 94.2 Å². The molecule has 2 aromatic rings. The van der Waals surface area contributed by atoms with E-state index in [1.165, 1.54) is 34.4 Å². The number of carbonyl (C=O) groups excluding carboxylic acids is 3. The highest BCUT2D eigenvalue weighted by Crippen LogP contribution is 2.46. The zero-order valence-corrected chi connectivity index (χ0v) is 23.8. The van der Waals surface area contributed by atoms with Gasteiger partial charge in [-0.15, -0.1) is 0 Å². The molecule has 1 saturated carbocycles. The molecule has 40 heavy (non-hydrogen) atoms.